The van der Waals surface area contributed by atoms with Crippen molar-refractivity contribution in [3.05, 3.63) is 65.2 Å². The van der Waals surface area contributed by atoms with Crippen LogP contribution in [0.3, 0.4) is 0 Å². The third-order valence-electron chi connectivity index (χ3n) is 5.65. The number of methoxy groups -OCH3 is 1. The lowest BCUT2D eigenvalue weighted by atomic mass is 9.96. The van der Waals surface area contributed by atoms with Gasteiger partial charge < -0.3 is 9.64 Å². The van der Waals surface area contributed by atoms with Crippen LogP contribution in [0.2, 0.25) is 0 Å². The molecule has 3 rings (SSSR count). The molecule has 8 heteroatoms. The number of benzene rings is 2. The van der Waals surface area contributed by atoms with Crippen molar-refractivity contribution >= 4 is 21.9 Å². The van der Waals surface area contributed by atoms with Crippen molar-refractivity contribution in [1.29, 1.82) is 0 Å². The van der Waals surface area contributed by atoms with Gasteiger partial charge in [0.05, 0.1) is 17.9 Å². The largest absolute Gasteiger partial charge is 0.469 e. The van der Waals surface area contributed by atoms with Gasteiger partial charge in [0.2, 0.25) is 10.0 Å². The highest BCUT2D eigenvalue weighted by atomic mass is 32.2. The number of amides is 1. The summed E-state index contributed by atoms with van der Waals surface area (Å²) in [5.74, 6) is -0.459. The van der Waals surface area contributed by atoms with Crippen LogP contribution in [0.25, 0.3) is 0 Å². The maximum Gasteiger partial charge on any atom is 0.308 e. The average molecular weight is 445 g/mol. The van der Waals surface area contributed by atoms with E-state index in [4.69, 9.17) is 4.74 Å². The van der Waals surface area contributed by atoms with E-state index in [0.29, 0.717) is 31.5 Å². The van der Waals surface area contributed by atoms with E-state index in [2.05, 4.69) is 0 Å². The Labute approximate surface area is 183 Å². The maximum atomic E-state index is 12.8. The lowest BCUT2D eigenvalue weighted by Crippen LogP contribution is -2.40. The van der Waals surface area contributed by atoms with Crippen LogP contribution in [0.5, 0.6) is 0 Å². The van der Waals surface area contributed by atoms with E-state index in [1.807, 2.05) is 6.92 Å². The van der Waals surface area contributed by atoms with Gasteiger partial charge in [-0.3, -0.25) is 9.59 Å². The molecule has 0 bridgehead atoms. The van der Waals surface area contributed by atoms with Gasteiger partial charge in [-0.05, 0) is 49.6 Å². The summed E-state index contributed by atoms with van der Waals surface area (Å²) in [6, 6.07) is 13.7. The van der Waals surface area contributed by atoms with Crippen molar-refractivity contribution in [2.45, 2.75) is 31.2 Å². The van der Waals surface area contributed by atoms with Crippen LogP contribution in [-0.2, 0) is 26.1 Å². The number of likely N-dealkylation sites (tertiary alicyclic amines) is 1. The number of sulfonamides is 1. The number of hydrogen-bond acceptors (Lipinski definition) is 5. The predicted molar refractivity (Wildman–Crippen MR) is 117 cm³/mol. The van der Waals surface area contributed by atoms with Gasteiger partial charge in [0.25, 0.3) is 5.91 Å². The van der Waals surface area contributed by atoms with Gasteiger partial charge in [-0.15, -0.1) is 0 Å². The minimum atomic E-state index is -3.59. The first-order valence-electron chi connectivity index (χ1n) is 10.2. The SMILES string of the molecule is COC(=O)C1CCN(C(=O)c2ccc(CN(C)S(=O)(=O)c3ccc(C)cc3)cc2)CC1. The van der Waals surface area contributed by atoms with Crippen LogP contribution in [0.4, 0.5) is 0 Å². The molecule has 1 fully saturated rings. The highest BCUT2D eigenvalue weighted by molar-refractivity contribution is 7.89. The summed E-state index contributed by atoms with van der Waals surface area (Å²) in [5, 5.41) is 0. The van der Waals surface area contributed by atoms with Crippen LogP contribution in [0.1, 0.15) is 34.3 Å². The molecule has 0 spiro atoms. The maximum absolute atomic E-state index is 12.8. The minimum absolute atomic E-state index is 0.0875. The van der Waals surface area contributed by atoms with E-state index in [1.165, 1.54) is 11.4 Å². The van der Waals surface area contributed by atoms with E-state index >= 15 is 0 Å². The zero-order valence-electron chi connectivity index (χ0n) is 18.1. The summed E-state index contributed by atoms with van der Waals surface area (Å²) >= 11 is 0. The number of hydrogen-bond donors (Lipinski definition) is 0. The van der Waals surface area contributed by atoms with E-state index < -0.39 is 10.0 Å². The summed E-state index contributed by atoms with van der Waals surface area (Å²) in [6.45, 7) is 3.13. The average Bonchev–Trinajstić information content (AvgIpc) is 2.79. The lowest BCUT2D eigenvalue weighted by molar-refractivity contribution is -0.146. The highest BCUT2D eigenvalue weighted by Crippen LogP contribution is 2.21. The predicted octanol–water partition coefficient (Wildman–Crippen LogP) is 2.84. The number of aryl methyl sites for hydroxylation is 1. The standard InChI is InChI=1S/C23H28N2O5S/c1-17-4-10-21(11-5-17)31(28,29)24(2)16-18-6-8-19(9-7-18)22(26)25-14-12-20(13-15-25)23(27)30-3/h4-11,20H,12-16H2,1-3H3. The Kier molecular flexibility index (Phi) is 7.12. The second-order valence-electron chi connectivity index (χ2n) is 7.86. The van der Waals surface area contributed by atoms with E-state index in [0.717, 1.165) is 11.1 Å². The summed E-state index contributed by atoms with van der Waals surface area (Å²) in [5.41, 5.74) is 2.33. The first kappa shape index (κ1) is 23.0. The molecule has 2 aromatic rings. The summed E-state index contributed by atoms with van der Waals surface area (Å²) in [4.78, 5) is 26.4. The number of piperidine rings is 1. The Morgan fingerprint density at radius 2 is 1.61 bits per heavy atom. The molecule has 1 amide bonds. The Balaban J connectivity index is 1.61. The smallest absolute Gasteiger partial charge is 0.308 e. The number of rotatable bonds is 6. The number of carbonyl (C=O) groups is 2. The molecule has 2 aromatic carbocycles. The van der Waals surface area contributed by atoms with Gasteiger partial charge >= 0.3 is 5.97 Å². The molecule has 0 aromatic heterocycles. The zero-order valence-corrected chi connectivity index (χ0v) is 18.9. The second kappa shape index (κ2) is 9.62. The number of ether oxygens (including phenoxy) is 1. The number of esters is 1. The molecule has 1 heterocycles. The van der Waals surface area contributed by atoms with E-state index in [1.54, 1.807) is 60.5 Å². The lowest BCUT2D eigenvalue weighted by Gasteiger charge is -2.30. The van der Waals surface area contributed by atoms with Gasteiger partial charge in [-0.1, -0.05) is 29.8 Å². The zero-order chi connectivity index (χ0) is 22.6. The molecule has 166 valence electrons. The highest BCUT2D eigenvalue weighted by Gasteiger charge is 2.28. The van der Waals surface area contributed by atoms with Crippen LogP contribution in [0.15, 0.2) is 53.4 Å². The topological polar surface area (TPSA) is 84.0 Å². The third-order valence-corrected chi connectivity index (χ3v) is 7.47. The summed E-state index contributed by atoms with van der Waals surface area (Å²) in [6.07, 6.45) is 1.19. The van der Waals surface area contributed by atoms with Crippen molar-refractivity contribution in [1.82, 2.24) is 9.21 Å². The van der Waals surface area contributed by atoms with Crippen LogP contribution < -0.4 is 0 Å². The number of carbonyl (C=O) groups excluding carboxylic acids is 2. The monoisotopic (exact) mass is 444 g/mol. The van der Waals surface area contributed by atoms with E-state index in [-0.39, 0.29) is 29.2 Å². The van der Waals surface area contributed by atoms with Crippen molar-refractivity contribution in [3.63, 3.8) is 0 Å². The van der Waals surface area contributed by atoms with Crippen LogP contribution >= 0.6 is 0 Å². The molecule has 0 N–H and O–H groups in total. The molecule has 0 radical (unpaired) electrons. The molecule has 1 saturated heterocycles. The van der Waals surface area contributed by atoms with Gasteiger partial charge in [0.15, 0.2) is 0 Å². The first-order valence-corrected chi connectivity index (χ1v) is 11.7. The Morgan fingerprint density at radius 3 is 2.16 bits per heavy atom. The minimum Gasteiger partial charge on any atom is -0.469 e. The molecule has 1 aliphatic heterocycles. The number of nitrogens with zero attached hydrogens (tertiary/aromatic N) is 2. The normalized spacial score (nSPS) is 15.2. The summed E-state index contributed by atoms with van der Waals surface area (Å²) < 4.78 is 31.6. The van der Waals surface area contributed by atoms with Gasteiger partial charge in [0, 0.05) is 32.2 Å². The Hall–Kier alpha value is -2.71. The Bertz CT molecular complexity index is 1020. The quantitative estimate of drug-likeness (QED) is 0.640. The molecule has 0 aliphatic carbocycles. The van der Waals surface area contributed by atoms with Crippen molar-refractivity contribution in [3.8, 4) is 0 Å². The van der Waals surface area contributed by atoms with Gasteiger partial charge in [-0.2, -0.15) is 4.31 Å². The van der Waals surface area contributed by atoms with Gasteiger partial charge in [-0.25, -0.2) is 8.42 Å². The van der Waals surface area contributed by atoms with Crippen molar-refractivity contribution in [2.75, 3.05) is 27.2 Å². The fourth-order valence-corrected chi connectivity index (χ4v) is 4.81. The van der Waals surface area contributed by atoms with Crippen LogP contribution in [-0.4, -0.2) is 56.7 Å². The summed E-state index contributed by atoms with van der Waals surface area (Å²) in [7, 11) is -0.670. The first-order chi connectivity index (χ1) is 14.7. The van der Waals surface area contributed by atoms with Crippen molar-refractivity contribution in [2.24, 2.45) is 5.92 Å². The van der Waals surface area contributed by atoms with Crippen molar-refractivity contribution < 1.29 is 22.7 Å². The molecule has 0 saturated carbocycles. The molecule has 0 atom stereocenters. The Morgan fingerprint density at radius 1 is 1.03 bits per heavy atom. The molecular formula is C23H28N2O5S. The molecule has 0 unspecified atom stereocenters. The molecule has 31 heavy (non-hydrogen) atoms. The van der Waals surface area contributed by atoms with Crippen LogP contribution in [0, 0.1) is 12.8 Å². The molecule has 7 nitrogen and oxygen atoms in total. The molecular weight excluding hydrogens is 416 g/mol. The fraction of sp³-hybridized carbons (Fsp3) is 0.391. The van der Waals surface area contributed by atoms with E-state index in [9.17, 15) is 18.0 Å². The fourth-order valence-electron chi connectivity index (χ4n) is 3.65. The molecule has 1 aliphatic rings. The third kappa shape index (κ3) is 5.32. The van der Waals surface area contributed by atoms with Gasteiger partial charge in [0.1, 0.15) is 0 Å². The second-order valence-corrected chi connectivity index (χ2v) is 9.91.